The third kappa shape index (κ3) is 4.47. The number of carbonyl (C=O) groups is 1. The number of aliphatic carboxylic acids is 1. The van der Waals surface area contributed by atoms with Gasteiger partial charge < -0.3 is 19.3 Å². The van der Waals surface area contributed by atoms with Gasteiger partial charge in [0.15, 0.2) is 0 Å². The van der Waals surface area contributed by atoms with Crippen LogP contribution in [0.4, 0.5) is 4.39 Å². The fourth-order valence-electron chi connectivity index (χ4n) is 6.26. The molecular formula is C32H31FO5. The Balaban J connectivity index is 1.30. The lowest BCUT2D eigenvalue weighted by molar-refractivity contribution is -0.137. The number of carboxylic acids is 1. The highest BCUT2D eigenvalue weighted by atomic mass is 19.1. The lowest BCUT2D eigenvalue weighted by Crippen LogP contribution is -2.07. The van der Waals surface area contributed by atoms with Gasteiger partial charge in [-0.3, -0.25) is 4.79 Å². The summed E-state index contributed by atoms with van der Waals surface area (Å²) in [6, 6.07) is 13.4. The molecule has 3 aromatic rings. The first-order valence-electron chi connectivity index (χ1n) is 13.2. The fraction of sp³-hybridized carbons (Fsp3) is 0.344. The van der Waals surface area contributed by atoms with Crippen LogP contribution in [0.1, 0.15) is 64.7 Å². The van der Waals surface area contributed by atoms with Crippen molar-refractivity contribution >= 4 is 11.5 Å². The van der Waals surface area contributed by atoms with Crippen molar-refractivity contribution < 1.29 is 28.5 Å². The summed E-state index contributed by atoms with van der Waals surface area (Å²) in [6.07, 6.45) is 4.13. The van der Waals surface area contributed by atoms with Crippen molar-refractivity contribution in [1.29, 1.82) is 0 Å². The zero-order valence-corrected chi connectivity index (χ0v) is 21.7. The number of ether oxygens (including phenoxy) is 3. The molecule has 0 saturated heterocycles. The molecule has 3 aliphatic rings. The average Bonchev–Trinajstić information content (AvgIpc) is 3.50. The van der Waals surface area contributed by atoms with Crippen LogP contribution in [0.5, 0.6) is 11.5 Å². The summed E-state index contributed by atoms with van der Waals surface area (Å²) < 4.78 is 32.8. The van der Waals surface area contributed by atoms with E-state index in [1.54, 1.807) is 12.1 Å². The molecule has 0 aromatic heterocycles. The van der Waals surface area contributed by atoms with Gasteiger partial charge in [0.25, 0.3) is 0 Å². The molecule has 6 rings (SSSR count). The van der Waals surface area contributed by atoms with Crippen molar-refractivity contribution in [1.82, 2.24) is 0 Å². The Labute approximate surface area is 221 Å². The minimum Gasteiger partial charge on any atom is -0.492 e. The minimum atomic E-state index is -0.846. The van der Waals surface area contributed by atoms with Crippen molar-refractivity contribution in [3.8, 4) is 22.6 Å². The number of benzene rings is 3. The number of halogens is 1. The van der Waals surface area contributed by atoms with Crippen molar-refractivity contribution in [3.05, 3.63) is 87.7 Å². The summed E-state index contributed by atoms with van der Waals surface area (Å²) in [4.78, 5) is 11.1. The van der Waals surface area contributed by atoms with Gasteiger partial charge in [0.2, 0.25) is 0 Å². The Bertz CT molecular complexity index is 1430. The van der Waals surface area contributed by atoms with E-state index in [-0.39, 0.29) is 18.2 Å². The lowest BCUT2D eigenvalue weighted by Gasteiger charge is -2.20. The van der Waals surface area contributed by atoms with Crippen molar-refractivity contribution in [2.75, 3.05) is 19.8 Å². The maximum Gasteiger partial charge on any atom is 0.304 e. The van der Waals surface area contributed by atoms with E-state index in [1.165, 1.54) is 22.3 Å². The SMILES string of the molecule is Cc1cc(C2=CCOCC2)cc(C)c1-c1ccc(F)c2c1CC[C@H]2Oc1ccc2c(c1)OCC2CC(=O)O. The summed E-state index contributed by atoms with van der Waals surface area (Å²) in [5.41, 5.74) is 9.66. The molecule has 2 aliphatic heterocycles. The third-order valence-electron chi connectivity index (χ3n) is 7.98. The maximum absolute atomic E-state index is 15.3. The molecule has 0 fully saturated rings. The van der Waals surface area contributed by atoms with Crippen LogP contribution in [0.25, 0.3) is 16.7 Å². The Morgan fingerprint density at radius 1 is 1.11 bits per heavy atom. The highest BCUT2D eigenvalue weighted by molar-refractivity contribution is 5.79. The van der Waals surface area contributed by atoms with Gasteiger partial charge in [-0.2, -0.15) is 0 Å². The van der Waals surface area contributed by atoms with E-state index >= 15 is 4.39 Å². The van der Waals surface area contributed by atoms with Crippen molar-refractivity contribution in [2.24, 2.45) is 0 Å². The van der Waals surface area contributed by atoms with E-state index in [2.05, 4.69) is 32.1 Å². The van der Waals surface area contributed by atoms with Crippen LogP contribution in [-0.4, -0.2) is 30.9 Å². The van der Waals surface area contributed by atoms with Gasteiger partial charge in [-0.25, -0.2) is 4.39 Å². The van der Waals surface area contributed by atoms with Crippen LogP contribution in [0.3, 0.4) is 0 Å². The second-order valence-electron chi connectivity index (χ2n) is 10.5. The zero-order chi connectivity index (χ0) is 26.4. The molecule has 1 unspecified atom stereocenters. The van der Waals surface area contributed by atoms with Crippen LogP contribution >= 0.6 is 0 Å². The first kappa shape index (κ1) is 24.7. The Hall–Kier alpha value is -3.64. The monoisotopic (exact) mass is 514 g/mol. The van der Waals surface area contributed by atoms with E-state index in [1.807, 2.05) is 18.2 Å². The van der Waals surface area contributed by atoms with Gasteiger partial charge >= 0.3 is 5.97 Å². The number of aryl methyl sites for hydroxylation is 2. The molecule has 0 saturated carbocycles. The minimum absolute atomic E-state index is 0.0308. The number of hydrogen-bond acceptors (Lipinski definition) is 4. The molecular weight excluding hydrogens is 483 g/mol. The number of rotatable bonds is 6. The lowest BCUT2D eigenvalue weighted by atomic mass is 9.87. The van der Waals surface area contributed by atoms with E-state index in [9.17, 15) is 4.79 Å². The standard InChI is InChI=1S/C32H31FO5/c1-18-13-21(20-9-11-36-12-10-20)14-19(2)31(18)25-5-7-27(33)32-26(25)6-8-28(32)38-23-3-4-24-22(15-30(34)35)17-37-29(24)16-23/h3-5,7,9,13-14,16,22,28H,6,8,10-12,15,17H2,1-2H3,(H,34,35)/t22?,28-/m1/s1. The molecule has 0 spiro atoms. The predicted molar refractivity (Wildman–Crippen MR) is 143 cm³/mol. The maximum atomic E-state index is 15.3. The fourth-order valence-corrected chi connectivity index (χ4v) is 6.26. The molecule has 196 valence electrons. The Kier molecular flexibility index (Phi) is 6.44. The zero-order valence-electron chi connectivity index (χ0n) is 21.7. The second-order valence-corrected chi connectivity index (χ2v) is 10.5. The number of fused-ring (bicyclic) bond motifs is 2. The third-order valence-corrected chi connectivity index (χ3v) is 7.98. The van der Waals surface area contributed by atoms with Crippen LogP contribution in [0.15, 0.2) is 48.5 Å². The molecule has 1 N–H and O–H groups in total. The van der Waals surface area contributed by atoms with Gasteiger partial charge in [-0.05, 0) is 84.2 Å². The van der Waals surface area contributed by atoms with Crippen molar-refractivity contribution in [3.63, 3.8) is 0 Å². The molecule has 0 radical (unpaired) electrons. The molecule has 0 amide bonds. The molecule has 1 aliphatic carbocycles. The second kappa shape index (κ2) is 9.91. The first-order chi connectivity index (χ1) is 18.4. The van der Waals surface area contributed by atoms with Crippen LogP contribution in [0, 0.1) is 19.7 Å². The van der Waals surface area contributed by atoms with Crippen LogP contribution in [-0.2, 0) is 16.0 Å². The average molecular weight is 515 g/mol. The van der Waals surface area contributed by atoms with Gasteiger partial charge in [0, 0.05) is 23.1 Å². The predicted octanol–water partition coefficient (Wildman–Crippen LogP) is 6.93. The van der Waals surface area contributed by atoms with Gasteiger partial charge in [0.05, 0.1) is 26.2 Å². The molecule has 5 nitrogen and oxygen atoms in total. The summed E-state index contributed by atoms with van der Waals surface area (Å²) in [7, 11) is 0. The first-order valence-corrected chi connectivity index (χ1v) is 13.2. The highest BCUT2D eigenvalue weighted by Crippen LogP contribution is 2.45. The van der Waals surface area contributed by atoms with E-state index in [0.717, 1.165) is 41.7 Å². The van der Waals surface area contributed by atoms with Crippen molar-refractivity contribution in [2.45, 2.75) is 51.6 Å². The molecule has 0 bridgehead atoms. The number of hydrogen-bond donors (Lipinski definition) is 1. The Morgan fingerprint density at radius 2 is 1.92 bits per heavy atom. The topological polar surface area (TPSA) is 65.0 Å². The van der Waals surface area contributed by atoms with E-state index in [0.29, 0.717) is 36.7 Å². The van der Waals surface area contributed by atoms with Crippen LogP contribution < -0.4 is 9.47 Å². The van der Waals surface area contributed by atoms with E-state index in [4.69, 9.17) is 19.3 Å². The summed E-state index contributed by atoms with van der Waals surface area (Å²) in [5, 5.41) is 9.15. The van der Waals surface area contributed by atoms with Gasteiger partial charge in [-0.1, -0.05) is 30.3 Å². The molecule has 3 aromatic carbocycles. The normalized spacial score (nSPS) is 19.9. The Morgan fingerprint density at radius 3 is 2.66 bits per heavy atom. The highest BCUT2D eigenvalue weighted by Gasteiger charge is 2.32. The van der Waals surface area contributed by atoms with Gasteiger partial charge in [-0.15, -0.1) is 0 Å². The molecule has 6 heteroatoms. The summed E-state index contributed by atoms with van der Waals surface area (Å²) in [5.74, 6) is -0.00811. The number of carboxylic acid groups (broad SMARTS) is 1. The molecule has 2 atom stereocenters. The largest absolute Gasteiger partial charge is 0.492 e. The van der Waals surface area contributed by atoms with E-state index < -0.39 is 12.1 Å². The quantitative estimate of drug-likeness (QED) is 0.386. The molecule has 38 heavy (non-hydrogen) atoms. The molecule has 2 heterocycles. The van der Waals surface area contributed by atoms with Gasteiger partial charge in [0.1, 0.15) is 23.4 Å². The van der Waals surface area contributed by atoms with Crippen LogP contribution in [0.2, 0.25) is 0 Å². The summed E-state index contributed by atoms with van der Waals surface area (Å²) >= 11 is 0. The smallest absolute Gasteiger partial charge is 0.304 e. The summed E-state index contributed by atoms with van der Waals surface area (Å²) in [6.45, 7) is 6.01.